The summed E-state index contributed by atoms with van der Waals surface area (Å²) >= 11 is 0. The minimum Gasteiger partial charge on any atom is -0.309 e. The first-order chi connectivity index (χ1) is 32.5. The number of hydrogen-bond acceptors (Lipinski definition) is 1. The van der Waals surface area contributed by atoms with Crippen LogP contribution in [0.5, 0.6) is 0 Å². The van der Waals surface area contributed by atoms with Crippen LogP contribution < -0.4 is 0 Å². The summed E-state index contributed by atoms with van der Waals surface area (Å²) in [5.74, 6) is 0. The molecule has 9 aromatic carbocycles. The Kier molecular flexibility index (Phi) is 6.94. The van der Waals surface area contributed by atoms with Gasteiger partial charge in [0.1, 0.15) is 5.65 Å². The largest absolute Gasteiger partial charge is 0.309 e. The summed E-state index contributed by atoms with van der Waals surface area (Å²) in [6, 6.07) is 61.7. The molecule has 15 rings (SSSR count). The Bertz CT molecular complexity index is 4620. The van der Waals surface area contributed by atoms with Crippen LogP contribution in [0.25, 0.3) is 136 Å². The lowest BCUT2D eigenvalue weighted by atomic mass is 9.83. The zero-order chi connectivity index (χ0) is 44.8. The summed E-state index contributed by atoms with van der Waals surface area (Å²) in [5, 5.41) is 17.7. The van der Waals surface area contributed by atoms with Gasteiger partial charge in [-0.25, -0.2) is 4.98 Å². The number of pyridine rings is 1. The van der Waals surface area contributed by atoms with Crippen molar-refractivity contribution in [1.82, 2.24) is 18.4 Å². The lowest BCUT2D eigenvalue weighted by Gasteiger charge is -2.21. The topological polar surface area (TPSA) is 26.6 Å². The fraction of sp³-hybridized carbons (Fsp3) is 0.127. The van der Waals surface area contributed by atoms with Crippen molar-refractivity contribution in [2.75, 3.05) is 0 Å². The lowest BCUT2D eigenvalue weighted by molar-refractivity contribution is 0.591. The number of nitrogens with zero attached hydrogens (tertiary/aromatic N) is 4. The minimum absolute atomic E-state index is 0.0583. The van der Waals surface area contributed by atoms with Crippen molar-refractivity contribution in [3.8, 4) is 16.8 Å². The average molecular weight is 859 g/mol. The Labute approximate surface area is 386 Å². The van der Waals surface area contributed by atoms with Gasteiger partial charge in [-0.3, -0.25) is 4.40 Å². The molecule has 67 heavy (non-hydrogen) atoms. The second-order valence-corrected chi connectivity index (χ2v) is 21.2. The van der Waals surface area contributed by atoms with Crippen LogP contribution in [-0.4, -0.2) is 18.4 Å². The molecule has 0 amide bonds. The molecule has 15 aromatic rings. The summed E-state index contributed by atoms with van der Waals surface area (Å²) in [6.45, 7) is 14.1. The van der Waals surface area contributed by atoms with Crippen LogP contribution in [0.1, 0.15) is 52.7 Å². The highest BCUT2D eigenvalue weighted by Crippen LogP contribution is 2.51. The van der Waals surface area contributed by atoms with Crippen LogP contribution in [0.15, 0.2) is 170 Å². The van der Waals surface area contributed by atoms with E-state index in [-0.39, 0.29) is 10.8 Å². The van der Waals surface area contributed by atoms with E-state index < -0.39 is 0 Å². The van der Waals surface area contributed by atoms with Gasteiger partial charge in [0.15, 0.2) is 0 Å². The van der Waals surface area contributed by atoms with Gasteiger partial charge in [-0.2, -0.15) is 0 Å². The third-order valence-corrected chi connectivity index (χ3v) is 15.4. The molecule has 4 heteroatoms. The Morgan fingerprint density at radius 2 is 1.00 bits per heavy atom. The van der Waals surface area contributed by atoms with Crippen LogP contribution in [0.3, 0.4) is 0 Å². The molecule has 0 unspecified atom stereocenters. The summed E-state index contributed by atoms with van der Waals surface area (Å²) in [5.41, 5.74) is 15.7. The summed E-state index contributed by atoms with van der Waals surface area (Å²) < 4.78 is 7.51. The SMILES string of the molecule is CC(C)(C)c1cc(-c2ccc3c(c2)c2ccccc2n3-c2ccccc2)c2c(c1)c1cc3ccccc3c3c4c5c6cc(C(C)(C)C)cc7c8ccc9ccccc9c8n(c5cnc4n2c13)c76. The maximum atomic E-state index is 5.68. The van der Waals surface area contributed by atoms with E-state index in [1.807, 2.05) is 0 Å². The molecule has 0 atom stereocenters. The molecule has 4 nitrogen and oxygen atoms in total. The molecule has 6 aromatic heterocycles. The Balaban J connectivity index is 1.15. The summed E-state index contributed by atoms with van der Waals surface area (Å²) in [4.78, 5) is 5.68. The van der Waals surface area contributed by atoms with Crippen LogP contribution in [0.2, 0.25) is 0 Å². The van der Waals surface area contributed by atoms with E-state index in [0.717, 1.165) is 16.9 Å². The molecule has 0 aliphatic carbocycles. The van der Waals surface area contributed by atoms with Crippen LogP contribution >= 0.6 is 0 Å². The van der Waals surface area contributed by atoms with Crippen LogP contribution in [-0.2, 0) is 10.8 Å². The molecule has 0 aliphatic heterocycles. The van der Waals surface area contributed by atoms with Crippen LogP contribution in [0.4, 0.5) is 0 Å². The van der Waals surface area contributed by atoms with Crippen molar-refractivity contribution in [2.24, 2.45) is 0 Å². The zero-order valence-electron chi connectivity index (χ0n) is 38.5. The molecule has 0 aliphatic rings. The molecule has 0 bridgehead atoms. The molecular weight excluding hydrogens is 813 g/mol. The van der Waals surface area contributed by atoms with Crippen molar-refractivity contribution < 1.29 is 0 Å². The van der Waals surface area contributed by atoms with Gasteiger partial charge in [0.25, 0.3) is 0 Å². The van der Waals surface area contributed by atoms with E-state index in [1.165, 1.54) is 131 Å². The van der Waals surface area contributed by atoms with E-state index in [2.05, 4.69) is 225 Å². The van der Waals surface area contributed by atoms with Crippen molar-refractivity contribution in [2.45, 2.75) is 52.4 Å². The molecule has 0 radical (unpaired) electrons. The minimum atomic E-state index is -0.0879. The normalized spacial score (nSPS) is 13.2. The zero-order valence-corrected chi connectivity index (χ0v) is 38.5. The highest BCUT2D eigenvalue weighted by atomic mass is 15.0. The molecule has 6 heterocycles. The quantitative estimate of drug-likeness (QED) is 0.170. The Hall–Kier alpha value is -7.95. The molecule has 0 saturated carbocycles. The molecule has 0 N–H and O–H groups in total. The Morgan fingerprint density at radius 1 is 0.373 bits per heavy atom. The van der Waals surface area contributed by atoms with Crippen molar-refractivity contribution in [3.05, 3.63) is 181 Å². The number of hydrogen-bond donors (Lipinski definition) is 0. The maximum Gasteiger partial charge on any atom is 0.146 e. The van der Waals surface area contributed by atoms with E-state index in [0.29, 0.717) is 0 Å². The summed E-state index contributed by atoms with van der Waals surface area (Å²) in [6.07, 6.45) is 2.19. The molecule has 0 spiro atoms. The monoisotopic (exact) mass is 858 g/mol. The van der Waals surface area contributed by atoms with Gasteiger partial charge < -0.3 is 8.97 Å². The van der Waals surface area contributed by atoms with Gasteiger partial charge in [0, 0.05) is 70.5 Å². The van der Waals surface area contributed by atoms with Gasteiger partial charge in [0.2, 0.25) is 0 Å². The van der Waals surface area contributed by atoms with Crippen molar-refractivity contribution >= 4 is 120 Å². The lowest BCUT2D eigenvalue weighted by Crippen LogP contribution is -2.11. The number of rotatable bonds is 2. The number of aromatic nitrogens is 4. The van der Waals surface area contributed by atoms with Gasteiger partial charge in [-0.15, -0.1) is 0 Å². The first kappa shape index (κ1) is 37.3. The van der Waals surface area contributed by atoms with E-state index in [1.54, 1.807) is 0 Å². The molecule has 318 valence electrons. The maximum absolute atomic E-state index is 5.68. The predicted molar refractivity (Wildman–Crippen MR) is 286 cm³/mol. The van der Waals surface area contributed by atoms with E-state index >= 15 is 0 Å². The number of para-hydroxylation sites is 2. The molecule has 0 fully saturated rings. The average Bonchev–Trinajstić information content (AvgIpc) is 4.13. The highest BCUT2D eigenvalue weighted by Gasteiger charge is 2.30. The predicted octanol–water partition coefficient (Wildman–Crippen LogP) is 17.0. The molecule has 0 saturated heterocycles. The smallest absolute Gasteiger partial charge is 0.146 e. The van der Waals surface area contributed by atoms with Gasteiger partial charge in [0.05, 0.1) is 44.8 Å². The fourth-order valence-corrected chi connectivity index (χ4v) is 12.2. The number of benzene rings is 9. The van der Waals surface area contributed by atoms with Crippen molar-refractivity contribution in [3.63, 3.8) is 0 Å². The third-order valence-electron chi connectivity index (χ3n) is 15.4. The highest BCUT2D eigenvalue weighted by molar-refractivity contribution is 6.40. The van der Waals surface area contributed by atoms with Crippen LogP contribution in [0, 0.1) is 0 Å². The van der Waals surface area contributed by atoms with Gasteiger partial charge >= 0.3 is 0 Å². The first-order valence-corrected chi connectivity index (χ1v) is 23.7. The summed E-state index contributed by atoms with van der Waals surface area (Å²) in [7, 11) is 0. The van der Waals surface area contributed by atoms with E-state index in [9.17, 15) is 0 Å². The van der Waals surface area contributed by atoms with Crippen molar-refractivity contribution in [1.29, 1.82) is 0 Å². The van der Waals surface area contributed by atoms with E-state index in [4.69, 9.17) is 4.98 Å². The second-order valence-electron chi connectivity index (χ2n) is 21.2. The molecular formula is C63H46N4. The third kappa shape index (κ3) is 4.74. The first-order valence-electron chi connectivity index (χ1n) is 23.7. The second kappa shape index (κ2) is 12.5. The van der Waals surface area contributed by atoms with Gasteiger partial charge in [-0.05, 0) is 104 Å². The Morgan fingerprint density at radius 3 is 1.79 bits per heavy atom. The fourth-order valence-electron chi connectivity index (χ4n) is 12.2. The number of fused-ring (bicyclic) bond motifs is 20. The standard InChI is InChI=1S/C63H46N4/c1-62(2,3)38-30-45(37-25-27-52-46(28-37)43-22-14-15-23-51(43)65(52)40-18-8-7-9-19-40)58-49(32-38)47-29-36-17-11-12-20-41(36)55-56-54-50-33-39(63(4,5)6)31-48-44-26-24-35-16-10-13-21-42(35)57(44)66(59(48)50)53(54)34-64-61(56)67(58)60(47)55/h7-34H,1-6H3. The van der Waals surface area contributed by atoms with Gasteiger partial charge in [-0.1, -0.05) is 145 Å².